The number of hydrogen-bond acceptors (Lipinski definition) is 5. The topological polar surface area (TPSA) is 119 Å². The fourth-order valence-corrected chi connectivity index (χ4v) is 2.74. The number of aryl methyl sites for hydroxylation is 1. The van der Waals surface area contributed by atoms with Crippen LogP contribution in [0.3, 0.4) is 0 Å². The third-order valence-electron chi connectivity index (χ3n) is 2.57. The highest BCUT2D eigenvalue weighted by atomic mass is 32.2. The quantitative estimate of drug-likeness (QED) is 0.727. The van der Waals surface area contributed by atoms with Crippen molar-refractivity contribution in [2.45, 2.75) is 11.6 Å². The van der Waals surface area contributed by atoms with Gasteiger partial charge in [0.1, 0.15) is 0 Å². The second-order valence-electron chi connectivity index (χ2n) is 3.99. The lowest BCUT2D eigenvalue weighted by Gasteiger charge is -2.07. The largest absolute Gasteiger partial charge is 0.476 e. The molecule has 9 nitrogen and oxygen atoms in total. The van der Waals surface area contributed by atoms with Gasteiger partial charge in [0, 0.05) is 26.3 Å². The van der Waals surface area contributed by atoms with E-state index in [1.807, 2.05) is 0 Å². The standard InChI is InChI=1S/C10H13N5O4S/c1-14-9(2-3-12-14)20(18,19)13-4-5-15-6-8(10(16)17)11-7-15/h2-3,6-7,13H,4-5H2,1H3,(H,16,17). The van der Waals surface area contributed by atoms with Crippen LogP contribution in [-0.2, 0) is 23.6 Å². The molecular formula is C10H13N5O4S. The van der Waals surface area contributed by atoms with Crippen LogP contribution in [0, 0.1) is 0 Å². The van der Waals surface area contributed by atoms with Crippen molar-refractivity contribution < 1.29 is 18.3 Å². The number of imidazole rings is 1. The normalized spacial score (nSPS) is 11.7. The van der Waals surface area contributed by atoms with Crippen molar-refractivity contribution in [3.8, 4) is 0 Å². The lowest BCUT2D eigenvalue weighted by molar-refractivity contribution is 0.0691. The molecule has 2 aromatic heterocycles. The number of aromatic nitrogens is 4. The fourth-order valence-electron chi connectivity index (χ4n) is 1.60. The summed E-state index contributed by atoms with van der Waals surface area (Å²) in [5, 5.41) is 12.6. The van der Waals surface area contributed by atoms with E-state index in [1.54, 1.807) is 0 Å². The fraction of sp³-hybridized carbons (Fsp3) is 0.300. The molecule has 2 rings (SSSR count). The summed E-state index contributed by atoms with van der Waals surface area (Å²) in [6.45, 7) is 0.389. The summed E-state index contributed by atoms with van der Waals surface area (Å²) in [6, 6.07) is 1.39. The Bertz CT molecular complexity index is 718. The smallest absolute Gasteiger partial charge is 0.356 e. The van der Waals surface area contributed by atoms with Crippen LogP contribution in [0.4, 0.5) is 0 Å². The first-order valence-electron chi connectivity index (χ1n) is 5.63. The van der Waals surface area contributed by atoms with Crippen molar-refractivity contribution in [3.05, 3.63) is 30.5 Å². The van der Waals surface area contributed by atoms with E-state index in [1.165, 1.54) is 41.1 Å². The van der Waals surface area contributed by atoms with Gasteiger partial charge in [-0.15, -0.1) is 0 Å². The molecule has 0 spiro atoms. The summed E-state index contributed by atoms with van der Waals surface area (Å²) < 4.78 is 29.0. The number of rotatable bonds is 6. The SMILES string of the molecule is Cn1nccc1S(=O)(=O)NCCn1cnc(C(=O)O)c1. The summed E-state index contributed by atoms with van der Waals surface area (Å²) in [6.07, 6.45) is 4.06. The predicted octanol–water partition coefficient (Wildman–Crippen LogP) is -0.707. The van der Waals surface area contributed by atoms with Gasteiger partial charge in [-0.1, -0.05) is 0 Å². The molecule has 0 bridgehead atoms. The number of carboxylic acid groups (broad SMARTS) is 1. The van der Waals surface area contributed by atoms with Crippen LogP contribution in [0.25, 0.3) is 0 Å². The van der Waals surface area contributed by atoms with E-state index in [0.717, 1.165) is 0 Å². The van der Waals surface area contributed by atoms with Crippen LogP contribution < -0.4 is 4.72 Å². The molecule has 0 saturated heterocycles. The van der Waals surface area contributed by atoms with Crippen molar-refractivity contribution in [2.75, 3.05) is 6.54 Å². The Balaban J connectivity index is 1.95. The molecule has 2 aromatic rings. The zero-order valence-electron chi connectivity index (χ0n) is 10.6. The number of nitrogens with zero attached hydrogens (tertiary/aromatic N) is 4. The van der Waals surface area contributed by atoms with E-state index < -0.39 is 16.0 Å². The molecule has 0 radical (unpaired) electrons. The molecule has 108 valence electrons. The molecule has 2 N–H and O–H groups in total. The summed E-state index contributed by atoms with van der Waals surface area (Å²) in [5.74, 6) is -1.13. The van der Waals surface area contributed by atoms with E-state index in [4.69, 9.17) is 5.11 Å². The Morgan fingerprint density at radius 3 is 2.80 bits per heavy atom. The average Bonchev–Trinajstić information content (AvgIpc) is 2.97. The van der Waals surface area contributed by atoms with Gasteiger partial charge in [0.25, 0.3) is 10.0 Å². The maximum atomic E-state index is 11.9. The number of sulfonamides is 1. The van der Waals surface area contributed by atoms with Crippen molar-refractivity contribution in [2.24, 2.45) is 7.05 Å². The van der Waals surface area contributed by atoms with Gasteiger partial charge in [0.2, 0.25) is 0 Å². The second-order valence-corrected chi connectivity index (χ2v) is 5.71. The Labute approximate surface area is 114 Å². The Kier molecular flexibility index (Phi) is 3.86. The van der Waals surface area contributed by atoms with Crippen molar-refractivity contribution >= 4 is 16.0 Å². The van der Waals surface area contributed by atoms with Gasteiger partial charge >= 0.3 is 5.97 Å². The summed E-state index contributed by atoms with van der Waals surface area (Å²) in [4.78, 5) is 14.3. The van der Waals surface area contributed by atoms with Gasteiger partial charge < -0.3 is 9.67 Å². The molecule has 2 heterocycles. The molecule has 0 amide bonds. The van der Waals surface area contributed by atoms with Crippen molar-refractivity contribution in [1.29, 1.82) is 0 Å². The Morgan fingerprint density at radius 2 is 2.25 bits per heavy atom. The molecule has 0 aliphatic carbocycles. The highest BCUT2D eigenvalue weighted by Crippen LogP contribution is 2.05. The first-order chi connectivity index (χ1) is 9.40. The van der Waals surface area contributed by atoms with Gasteiger partial charge in [-0.2, -0.15) is 5.10 Å². The van der Waals surface area contributed by atoms with Crippen LogP contribution in [0.15, 0.2) is 29.8 Å². The van der Waals surface area contributed by atoms with E-state index in [2.05, 4.69) is 14.8 Å². The first kappa shape index (κ1) is 14.2. The highest BCUT2D eigenvalue weighted by molar-refractivity contribution is 7.89. The molecule has 0 aliphatic heterocycles. The van der Waals surface area contributed by atoms with Gasteiger partial charge in [-0.05, 0) is 6.07 Å². The third kappa shape index (κ3) is 3.03. The number of nitrogens with one attached hydrogen (secondary N) is 1. The zero-order chi connectivity index (χ0) is 14.8. The van der Waals surface area contributed by atoms with Gasteiger partial charge in [0.05, 0.1) is 12.5 Å². The third-order valence-corrected chi connectivity index (χ3v) is 4.10. The Hall–Kier alpha value is -2.20. The molecule has 0 unspecified atom stereocenters. The first-order valence-corrected chi connectivity index (χ1v) is 7.11. The van der Waals surface area contributed by atoms with Crippen molar-refractivity contribution in [1.82, 2.24) is 24.1 Å². The average molecular weight is 299 g/mol. The lowest BCUT2D eigenvalue weighted by atomic mass is 10.5. The molecule has 10 heteroatoms. The van der Waals surface area contributed by atoms with E-state index in [9.17, 15) is 13.2 Å². The molecule has 0 aliphatic rings. The summed E-state index contributed by atoms with van der Waals surface area (Å²) in [7, 11) is -2.10. The van der Waals surface area contributed by atoms with Gasteiger partial charge in [-0.25, -0.2) is 22.9 Å². The van der Waals surface area contributed by atoms with E-state index in [0.29, 0.717) is 0 Å². The second kappa shape index (κ2) is 5.43. The van der Waals surface area contributed by atoms with Crippen molar-refractivity contribution in [3.63, 3.8) is 0 Å². The van der Waals surface area contributed by atoms with Crippen LogP contribution in [0.5, 0.6) is 0 Å². The molecule has 0 atom stereocenters. The molecule has 0 fully saturated rings. The monoisotopic (exact) mass is 299 g/mol. The van der Waals surface area contributed by atoms with Crippen LogP contribution >= 0.6 is 0 Å². The lowest BCUT2D eigenvalue weighted by Crippen LogP contribution is -2.28. The maximum Gasteiger partial charge on any atom is 0.356 e. The predicted molar refractivity (Wildman–Crippen MR) is 67.6 cm³/mol. The van der Waals surface area contributed by atoms with Crippen LogP contribution in [0.2, 0.25) is 0 Å². The number of hydrogen-bond donors (Lipinski definition) is 2. The Morgan fingerprint density at radius 1 is 1.50 bits per heavy atom. The minimum absolute atomic E-state index is 0.0642. The summed E-state index contributed by atoms with van der Waals surface area (Å²) in [5.41, 5.74) is -0.0838. The molecule has 0 aromatic carbocycles. The van der Waals surface area contributed by atoms with Crippen LogP contribution in [0.1, 0.15) is 10.5 Å². The highest BCUT2D eigenvalue weighted by Gasteiger charge is 2.17. The molecule has 20 heavy (non-hydrogen) atoms. The minimum Gasteiger partial charge on any atom is -0.476 e. The van der Waals surface area contributed by atoms with E-state index >= 15 is 0 Å². The molecular weight excluding hydrogens is 286 g/mol. The van der Waals surface area contributed by atoms with Crippen LogP contribution in [-0.4, -0.2) is 45.4 Å². The zero-order valence-corrected chi connectivity index (χ0v) is 11.4. The minimum atomic E-state index is -3.63. The number of carboxylic acids is 1. The van der Waals surface area contributed by atoms with E-state index in [-0.39, 0.29) is 23.8 Å². The molecule has 0 saturated carbocycles. The number of carbonyl (C=O) groups is 1. The maximum absolute atomic E-state index is 11.9. The number of aromatic carboxylic acids is 1. The van der Waals surface area contributed by atoms with Gasteiger partial charge in [-0.3, -0.25) is 4.68 Å². The summed E-state index contributed by atoms with van der Waals surface area (Å²) >= 11 is 0. The van der Waals surface area contributed by atoms with Gasteiger partial charge in [0.15, 0.2) is 10.7 Å².